The van der Waals surface area contributed by atoms with E-state index in [1.54, 1.807) is 6.07 Å². The van der Waals surface area contributed by atoms with E-state index < -0.39 is 4.92 Å². The van der Waals surface area contributed by atoms with E-state index in [2.05, 4.69) is 11.9 Å². The van der Waals surface area contributed by atoms with Gasteiger partial charge in [0.05, 0.1) is 4.92 Å². The number of benzene rings is 1. The maximum absolute atomic E-state index is 10.4. The summed E-state index contributed by atoms with van der Waals surface area (Å²) in [5.41, 5.74) is 0.437. The van der Waals surface area contributed by atoms with Crippen molar-refractivity contribution in [3.05, 3.63) is 45.5 Å². The minimum atomic E-state index is -0.632. The molecular weight excluding hydrogens is 232 g/mol. The highest BCUT2D eigenvalue weighted by molar-refractivity contribution is 6.29. The molecule has 0 fully saturated rings. The zero-order valence-corrected chi connectivity index (χ0v) is 9.20. The lowest BCUT2D eigenvalue weighted by atomic mass is 10.2. The van der Waals surface area contributed by atoms with Gasteiger partial charge < -0.3 is 10.4 Å². The van der Waals surface area contributed by atoms with Crippen molar-refractivity contribution >= 4 is 17.3 Å². The van der Waals surface area contributed by atoms with Gasteiger partial charge >= 0.3 is 5.69 Å². The first-order valence-electron chi connectivity index (χ1n) is 4.51. The first-order valence-corrected chi connectivity index (χ1v) is 4.89. The first kappa shape index (κ1) is 12.5. The number of hydrogen-bond donors (Lipinski definition) is 2. The monoisotopic (exact) mass is 242 g/mol. The summed E-state index contributed by atoms with van der Waals surface area (Å²) < 4.78 is 0. The number of phenols is 1. The predicted molar refractivity (Wildman–Crippen MR) is 61.5 cm³/mol. The van der Waals surface area contributed by atoms with Crippen LogP contribution >= 0.6 is 11.6 Å². The van der Waals surface area contributed by atoms with Crippen LogP contribution in [0.3, 0.4) is 0 Å². The lowest BCUT2D eigenvalue weighted by Gasteiger charge is -2.04. The van der Waals surface area contributed by atoms with Crippen molar-refractivity contribution in [2.75, 3.05) is 6.54 Å². The van der Waals surface area contributed by atoms with Crippen molar-refractivity contribution in [1.82, 2.24) is 5.32 Å². The minimum absolute atomic E-state index is 0.300. The second-order valence-corrected chi connectivity index (χ2v) is 3.74. The lowest BCUT2D eigenvalue weighted by molar-refractivity contribution is -0.385. The average Bonchev–Trinajstić information content (AvgIpc) is 2.16. The van der Waals surface area contributed by atoms with Gasteiger partial charge in [-0.3, -0.25) is 10.1 Å². The molecule has 0 aliphatic heterocycles. The van der Waals surface area contributed by atoms with Crippen molar-refractivity contribution in [2.24, 2.45) is 0 Å². The molecule has 86 valence electrons. The highest BCUT2D eigenvalue weighted by Gasteiger charge is 2.12. The van der Waals surface area contributed by atoms with Crippen LogP contribution in [0.2, 0.25) is 0 Å². The van der Waals surface area contributed by atoms with E-state index in [-0.39, 0.29) is 11.4 Å². The quantitative estimate of drug-likeness (QED) is 0.613. The Morgan fingerprint density at radius 2 is 2.31 bits per heavy atom. The number of aromatic hydroxyl groups is 1. The number of halogens is 1. The van der Waals surface area contributed by atoms with Crippen molar-refractivity contribution in [3.63, 3.8) is 0 Å². The summed E-state index contributed by atoms with van der Waals surface area (Å²) in [4.78, 5) is 9.81. The number of rotatable bonds is 5. The van der Waals surface area contributed by atoms with Crippen LogP contribution in [0.1, 0.15) is 5.56 Å². The van der Waals surface area contributed by atoms with Gasteiger partial charge in [0, 0.05) is 24.2 Å². The van der Waals surface area contributed by atoms with Gasteiger partial charge in [0.15, 0.2) is 5.75 Å². The molecule has 0 spiro atoms. The fourth-order valence-electron chi connectivity index (χ4n) is 1.18. The molecule has 16 heavy (non-hydrogen) atoms. The van der Waals surface area contributed by atoms with Crippen LogP contribution < -0.4 is 5.32 Å². The molecule has 0 heterocycles. The van der Waals surface area contributed by atoms with E-state index in [9.17, 15) is 15.2 Å². The third-order valence-corrected chi connectivity index (χ3v) is 2.02. The fourth-order valence-corrected chi connectivity index (χ4v) is 1.27. The van der Waals surface area contributed by atoms with Crippen LogP contribution in [-0.2, 0) is 6.54 Å². The smallest absolute Gasteiger partial charge is 0.310 e. The molecule has 0 saturated carbocycles. The molecule has 1 aromatic carbocycles. The van der Waals surface area contributed by atoms with Gasteiger partial charge in [-0.05, 0) is 11.6 Å². The van der Waals surface area contributed by atoms with E-state index in [1.807, 2.05) is 0 Å². The zero-order chi connectivity index (χ0) is 12.1. The van der Waals surface area contributed by atoms with Crippen LogP contribution in [0.5, 0.6) is 5.75 Å². The molecule has 1 rings (SSSR count). The Morgan fingerprint density at radius 3 is 2.81 bits per heavy atom. The van der Waals surface area contributed by atoms with E-state index >= 15 is 0 Å². The molecular formula is C10H11ClN2O3. The molecule has 0 unspecified atom stereocenters. The number of nitro benzene ring substituents is 1. The standard InChI is InChI=1S/C10H11ClN2O3/c1-7(11)5-12-6-8-2-3-9(13(15)16)10(14)4-8/h2-4,12,14H,1,5-6H2. The van der Waals surface area contributed by atoms with Crippen molar-refractivity contribution in [1.29, 1.82) is 0 Å². The molecule has 0 radical (unpaired) electrons. The molecule has 5 nitrogen and oxygen atoms in total. The number of nitrogens with zero attached hydrogens (tertiary/aromatic N) is 1. The molecule has 0 aliphatic rings. The Bertz CT molecular complexity index is 421. The van der Waals surface area contributed by atoms with Gasteiger partial charge in [0.25, 0.3) is 0 Å². The van der Waals surface area contributed by atoms with Crippen LogP contribution in [-0.4, -0.2) is 16.6 Å². The zero-order valence-electron chi connectivity index (χ0n) is 8.44. The van der Waals surface area contributed by atoms with Crippen molar-refractivity contribution < 1.29 is 10.0 Å². The van der Waals surface area contributed by atoms with E-state index in [4.69, 9.17) is 11.6 Å². The lowest BCUT2D eigenvalue weighted by Crippen LogP contribution is -2.14. The molecule has 1 aromatic rings. The summed E-state index contributed by atoms with van der Waals surface area (Å²) in [5.74, 6) is -0.339. The van der Waals surface area contributed by atoms with Crippen LogP contribution in [0.4, 0.5) is 5.69 Å². The molecule has 0 amide bonds. The fraction of sp³-hybridized carbons (Fsp3) is 0.200. The largest absolute Gasteiger partial charge is 0.502 e. The van der Waals surface area contributed by atoms with Crippen LogP contribution in [0.25, 0.3) is 0 Å². The highest BCUT2D eigenvalue weighted by atomic mass is 35.5. The third kappa shape index (κ3) is 3.52. The maximum atomic E-state index is 10.4. The Hall–Kier alpha value is -1.59. The second-order valence-electron chi connectivity index (χ2n) is 3.20. The van der Waals surface area contributed by atoms with Crippen LogP contribution in [0.15, 0.2) is 29.8 Å². The molecule has 0 aromatic heterocycles. The maximum Gasteiger partial charge on any atom is 0.310 e. The Labute approximate surface area is 97.5 Å². The Balaban J connectivity index is 2.66. The highest BCUT2D eigenvalue weighted by Crippen LogP contribution is 2.26. The SMILES string of the molecule is C=C(Cl)CNCc1ccc([N+](=O)[O-])c(O)c1. The average molecular weight is 243 g/mol. The topological polar surface area (TPSA) is 75.4 Å². The van der Waals surface area contributed by atoms with Gasteiger partial charge in [-0.1, -0.05) is 24.2 Å². The van der Waals surface area contributed by atoms with Gasteiger partial charge in [-0.25, -0.2) is 0 Å². The number of hydrogen-bond acceptors (Lipinski definition) is 4. The van der Waals surface area contributed by atoms with Crippen molar-refractivity contribution in [2.45, 2.75) is 6.54 Å². The normalized spacial score (nSPS) is 10.1. The molecule has 0 aliphatic carbocycles. The summed E-state index contributed by atoms with van der Waals surface area (Å²) in [6.07, 6.45) is 0. The van der Waals surface area contributed by atoms with E-state index in [1.165, 1.54) is 12.1 Å². The molecule has 0 saturated heterocycles. The Kier molecular flexibility index (Phi) is 4.28. The van der Waals surface area contributed by atoms with Gasteiger partial charge in [0.1, 0.15) is 0 Å². The first-order chi connectivity index (χ1) is 7.50. The number of nitrogens with one attached hydrogen (secondary N) is 1. The predicted octanol–water partition coefficient (Wildman–Crippen LogP) is 2.14. The van der Waals surface area contributed by atoms with E-state index in [0.717, 1.165) is 5.56 Å². The minimum Gasteiger partial charge on any atom is -0.502 e. The summed E-state index contributed by atoms with van der Waals surface area (Å²) in [6.45, 7) is 4.40. The molecule has 0 atom stereocenters. The summed E-state index contributed by atoms with van der Waals surface area (Å²) in [5, 5.41) is 23.2. The molecule has 6 heteroatoms. The van der Waals surface area contributed by atoms with Crippen molar-refractivity contribution in [3.8, 4) is 5.75 Å². The second kappa shape index (κ2) is 5.48. The summed E-state index contributed by atoms with van der Waals surface area (Å²) >= 11 is 5.55. The summed E-state index contributed by atoms with van der Waals surface area (Å²) in [7, 11) is 0. The number of phenolic OH excluding ortho intramolecular Hbond substituents is 1. The van der Waals surface area contributed by atoms with Gasteiger partial charge in [-0.15, -0.1) is 0 Å². The molecule has 2 N–H and O–H groups in total. The van der Waals surface area contributed by atoms with Crippen LogP contribution in [0, 0.1) is 10.1 Å². The third-order valence-electron chi connectivity index (χ3n) is 1.88. The summed E-state index contributed by atoms with van der Waals surface area (Å²) in [6, 6.07) is 4.19. The number of nitro groups is 1. The Morgan fingerprint density at radius 1 is 1.62 bits per heavy atom. The van der Waals surface area contributed by atoms with E-state index in [0.29, 0.717) is 18.1 Å². The molecule has 0 bridgehead atoms. The van der Waals surface area contributed by atoms with Gasteiger partial charge in [-0.2, -0.15) is 0 Å². The van der Waals surface area contributed by atoms with Gasteiger partial charge in [0.2, 0.25) is 0 Å².